The van der Waals surface area contributed by atoms with E-state index in [2.05, 4.69) is 10.2 Å². The van der Waals surface area contributed by atoms with E-state index in [-0.39, 0.29) is 0 Å². The topological polar surface area (TPSA) is 50.7 Å². The maximum Gasteiger partial charge on any atom is 0.181 e. The standard InChI is InChI=1S/C5H11N3/c6-4-2-1-3-5-7-8-5/h5H,1-4,6H2. The van der Waals surface area contributed by atoms with Crippen molar-refractivity contribution in [2.45, 2.75) is 25.4 Å². The summed E-state index contributed by atoms with van der Waals surface area (Å²) in [7, 11) is 0. The van der Waals surface area contributed by atoms with Crippen LogP contribution in [0.3, 0.4) is 0 Å². The first-order valence-corrected chi connectivity index (χ1v) is 3.03. The first-order chi connectivity index (χ1) is 3.93. The molecule has 1 aliphatic heterocycles. The van der Waals surface area contributed by atoms with E-state index < -0.39 is 0 Å². The van der Waals surface area contributed by atoms with Gasteiger partial charge in [0.15, 0.2) is 6.17 Å². The lowest BCUT2D eigenvalue weighted by Crippen LogP contribution is -1.98. The van der Waals surface area contributed by atoms with Crippen molar-refractivity contribution >= 4 is 0 Å². The Bertz CT molecular complexity index is 83.7. The zero-order chi connectivity index (χ0) is 5.82. The lowest BCUT2D eigenvalue weighted by atomic mass is 10.2. The molecule has 3 nitrogen and oxygen atoms in total. The number of hydrogen-bond acceptors (Lipinski definition) is 3. The van der Waals surface area contributed by atoms with Crippen molar-refractivity contribution in [3.8, 4) is 0 Å². The Morgan fingerprint density at radius 1 is 1.25 bits per heavy atom. The molecule has 0 aliphatic carbocycles. The second-order valence-electron chi connectivity index (χ2n) is 2.00. The average molecular weight is 113 g/mol. The van der Waals surface area contributed by atoms with E-state index in [1.165, 1.54) is 6.42 Å². The van der Waals surface area contributed by atoms with Crippen molar-refractivity contribution in [1.82, 2.24) is 0 Å². The molecule has 2 N–H and O–H groups in total. The maximum absolute atomic E-state index is 5.27. The quantitative estimate of drug-likeness (QED) is 0.541. The minimum atomic E-state index is 0.349. The molecule has 1 rings (SSSR count). The van der Waals surface area contributed by atoms with Gasteiger partial charge in [-0.1, -0.05) is 0 Å². The summed E-state index contributed by atoms with van der Waals surface area (Å²) in [6.45, 7) is 0.798. The normalized spacial score (nSPS) is 17.1. The minimum absolute atomic E-state index is 0.349. The third kappa shape index (κ3) is 2.02. The maximum atomic E-state index is 5.27. The highest BCUT2D eigenvalue weighted by Gasteiger charge is 2.13. The van der Waals surface area contributed by atoms with Crippen molar-refractivity contribution in [3.63, 3.8) is 0 Å². The van der Waals surface area contributed by atoms with E-state index >= 15 is 0 Å². The van der Waals surface area contributed by atoms with Crippen LogP contribution >= 0.6 is 0 Å². The van der Waals surface area contributed by atoms with Crippen molar-refractivity contribution in [2.24, 2.45) is 16.0 Å². The fourth-order valence-corrected chi connectivity index (χ4v) is 0.634. The van der Waals surface area contributed by atoms with Crippen LogP contribution in [0.5, 0.6) is 0 Å². The molecule has 8 heavy (non-hydrogen) atoms. The van der Waals surface area contributed by atoms with Crippen molar-refractivity contribution in [1.29, 1.82) is 0 Å². The number of rotatable bonds is 4. The first kappa shape index (κ1) is 5.69. The summed E-state index contributed by atoms with van der Waals surface area (Å²) in [6, 6.07) is 0. The Labute approximate surface area is 49.0 Å². The van der Waals surface area contributed by atoms with Crippen LogP contribution in [-0.2, 0) is 0 Å². The Morgan fingerprint density at radius 3 is 2.50 bits per heavy atom. The molecular weight excluding hydrogens is 102 g/mol. The summed E-state index contributed by atoms with van der Waals surface area (Å²) < 4.78 is 0. The largest absolute Gasteiger partial charge is 0.330 e. The highest BCUT2D eigenvalue weighted by atomic mass is 15.4. The van der Waals surface area contributed by atoms with E-state index in [0.29, 0.717) is 6.17 Å². The van der Waals surface area contributed by atoms with E-state index in [9.17, 15) is 0 Å². The average Bonchev–Trinajstić information content (AvgIpc) is 2.51. The molecule has 0 bridgehead atoms. The zero-order valence-corrected chi connectivity index (χ0v) is 4.88. The molecule has 46 valence electrons. The van der Waals surface area contributed by atoms with Crippen LogP contribution in [0.15, 0.2) is 10.2 Å². The van der Waals surface area contributed by atoms with Crippen LogP contribution in [0.1, 0.15) is 19.3 Å². The fourth-order valence-electron chi connectivity index (χ4n) is 0.634. The Hall–Kier alpha value is -0.440. The zero-order valence-electron chi connectivity index (χ0n) is 4.88. The molecule has 0 aromatic heterocycles. The van der Waals surface area contributed by atoms with E-state index in [0.717, 1.165) is 19.4 Å². The van der Waals surface area contributed by atoms with Gasteiger partial charge < -0.3 is 5.73 Å². The van der Waals surface area contributed by atoms with E-state index in [1.54, 1.807) is 0 Å². The molecule has 1 aliphatic rings. The number of nitrogens with zero attached hydrogens (tertiary/aromatic N) is 2. The molecule has 0 atom stereocenters. The molecule has 0 amide bonds. The molecule has 3 heteroatoms. The monoisotopic (exact) mass is 113 g/mol. The Morgan fingerprint density at radius 2 is 2.00 bits per heavy atom. The first-order valence-electron chi connectivity index (χ1n) is 3.03. The fraction of sp³-hybridized carbons (Fsp3) is 1.00. The van der Waals surface area contributed by atoms with Gasteiger partial charge in [0.25, 0.3) is 0 Å². The molecule has 0 aromatic carbocycles. The second kappa shape index (κ2) is 2.77. The van der Waals surface area contributed by atoms with Gasteiger partial charge in [0.1, 0.15) is 0 Å². The summed E-state index contributed by atoms with van der Waals surface area (Å²) in [5.74, 6) is 0. The summed E-state index contributed by atoms with van der Waals surface area (Å²) in [5.41, 5.74) is 5.27. The molecular formula is C5H11N3. The van der Waals surface area contributed by atoms with Gasteiger partial charge in [-0.2, -0.15) is 10.2 Å². The van der Waals surface area contributed by atoms with E-state index in [4.69, 9.17) is 5.73 Å². The summed E-state index contributed by atoms with van der Waals surface area (Å²) in [4.78, 5) is 0. The minimum Gasteiger partial charge on any atom is -0.330 e. The number of hydrogen-bond donors (Lipinski definition) is 1. The molecule has 0 saturated heterocycles. The van der Waals surface area contributed by atoms with Crippen LogP contribution in [0, 0.1) is 0 Å². The Balaban J connectivity index is 1.75. The highest BCUT2D eigenvalue weighted by molar-refractivity contribution is 4.68. The van der Waals surface area contributed by atoms with Crippen LogP contribution < -0.4 is 5.73 Å². The predicted octanol–water partition coefficient (Wildman–Crippen LogP) is 0.907. The van der Waals surface area contributed by atoms with E-state index in [1.807, 2.05) is 0 Å². The molecule has 0 fully saturated rings. The summed E-state index contributed by atoms with van der Waals surface area (Å²) in [5, 5.41) is 7.52. The third-order valence-corrected chi connectivity index (χ3v) is 1.20. The van der Waals surface area contributed by atoms with Gasteiger partial charge in [0.05, 0.1) is 0 Å². The molecule has 0 spiro atoms. The van der Waals surface area contributed by atoms with Gasteiger partial charge in [0.2, 0.25) is 0 Å². The van der Waals surface area contributed by atoms with Crippen LogP contribution in [-0.4, -0.2) is 12.7 Å². The van der Waals surface area contributed by atoms with Gasteiger partial charge >= 0.3 is 0 Å². The predicted molar refractivity (Wildman–Crippen MR) is 31.5 cm³/mol. The number of nitrogens with two attached hydrogens (primary N) is 1. The third-order valence-electron chi connectivity index (χ3n) is 1.20. The molecule has 0 aromatic rings. The Kier molecular flexibility index (Phi) is 1.97. The molecule has 0 unspecified atom stereocenters. The van der Waals surface area contributed by atoms with Crippen LogP contribution in [0.25, 0.3) is 0 Å². The van der Waals surface area contributed by atoms with Gasteiger partial charge in [0, 0.05) is 0 Å². The van der Waals surface area contributed by atoms with Crippen molar-refractivity contribution < 1.29 is 0 Å². The lowest BCUT2D eigenvalue weighted by molar-refractivity contribution is 0.669. The molecule has 0 saturated carbocycles. The molecule has 1 heterocycles. The smallest absolute Gasteiger partial charge is 0.181 e. The van der Waals surface area contributed by atoms with Crippen LogP contribution in [0.4, 0.5) is 0 Å². The van der Waals surface area contributed by atoms with Gasteiger partial charge in [-0.05, 0) is 25.8 Å². The van der Waals surface area contributed by atoms with Gasteiger partial charge in [-0.3, -0.25) is 0 Å². The summed E-state index contributed by atoms with van der Waals surface area (Å²) >= 11 is 0. The second-order valence-corrected chi connectivity index (χ2v) is 2.00. The van der Waals surface area contributed by atoms with Crippen LogP contribution in [0.2, 0.25) is 0 Å². The van der Waals surface area contributed by atoms with Crippen molar-refractivity contribution in [2.75, 3.05) is 6.54 Å². The van der Waals surface area contributed by atoms with Gasteiger partial charge in [-0.25, -0.2) is 0 Å². The summed E-state index contributed by atoms with van der Waals surface area (Å²) in [6.07, 6.45) is 3.74. The van der Waals surface area contributed by atoms with Gasteiger partial charge in [-0.15, -0.1) is 0 Å². The molecule has 0 radical (unpaired) electrons. The lowest BCUT2D eigenvalue weighted by Gasteiger charge is -1.90. The number of unbranched alkanes of at least 4 members (excludes halogenated alkanes) is 1. The van der Waals surface area contributed by atoms with Crippen molar-refractivity contribution in [3.05, 3.63) is 0 Å². The highest BCUT2D eigenvalue weighted by Crippen LogP contribution is 2.16. The SMILES string of the molecule is NCCCCC1N=N1.